The average Bonchev–Trinajstić information content (AvgIpc) is 3.16. The number of β-amino-alcohol motifs (C(OH)–C–C–N with tert-alkyl or cyclic N) is 1. The third-order valence-corrected chi connectivity index (χ3v) is 5.90. The van der Waals surface area contributed by atoms with Gasteiger partial charge in [-0.3, -0.25) is 14.7 Å². The molecule has 2 N–H and O–H groups in total. The molecule has 0 saturated carbocycles. The van der Waals surface area contributed by atoms with E-state index in [0.29, 0.717) is 55.7 Å². The van der Waals surface area contributed by atoms with E-state index in [9.17, 15) is 19.1 Å². The number of H-pyrrole nitrogens is 1. The molecule has 0 bridgehead atoms. The molecule has 2 aliphatic rings. The van der Waals surface area contributed by atoms with Crippen LogP contribution in [0.1, 0.15) is 29.6 Å². The summed E-state index contributed by atoms with van der Waals surface area (Å²) in [5.74, 6) is -0.530. The Balaban J connectivity index is 1.51. The summed E-state index contributed by atoms with van der Waals surface area (Å²) < 4.78 is 13.6. The first kappa shape index (κ1) is 18.6. The minimum Gasteiger partial charge on any atom is -0.391 e. The average molecular weight is 386 g/mol. The highest BCUT2D eigenvalue weighted by molar-refractivity contribution is 6.00. The Morgan fingerprint density at radius 2 is 2.11 bits per heavy atom. The van der Waals surface area contributed by atoms with Crippen molar-refractivity contribution in [3.05, 3.63) is 41.8 Å². The lowest BCUT2D eigenvalue weighted by molar-refractivity contribution is -0.154. The molecule has 2 aliphatic heterocycles. The van der Waals surface area contributed by atoms with Crippen LogP contribution in [0.2, 0.25) is 0 Å². The Kier molecular flexibility index (Phi) is 4.66. The number of halogens is 1. The number of nitrogens with one attached hydrogen (secondary N) is 1. The number of aromatic amines is 1. The zero-order valence-corrected chi connectivity index (χ0v) is 15.7. The van der Waals surface area contributed by atoms with Gasteiger partial charge in [0.15, 0.2) is 0 Å². The SMILES string of the molecule is CN1CC(O)CC2(CCN(C(=O)c3cn[nH]c3-c3cccc(F)c3)CC2)C1=O. The lowest BCUT2D eigenvalue weighted by Gasteiger charge is -2.46. The molecule has 1 atom stereocenters. The van der Waals surface area contributed by atoms with Gasteiger partial charge in [0.1, 0.15) is 5.82 Å². The smallest absolute Gasteiger partial charge is 0.257 e. The maximum Gasteiger partial charge on any atom is 0.257 e. The highest BCUT2D eigenvalue weighted by Crippen LogP contribution is 2.41. The molecule has 1 aromatic heterocycles. The number of likely N-dealkylation sites (tertiary alicyclic amines) is 2. The van der Waals surface area contributed by atoms with Crippen molar-refractivity contribution in [2.45, 2.75) is 25.4 Å². The second kappa shape index (κ2) is 7.01. The van der Waals surface area contributed by atoms with E-state index in [2.05, 4.69) is 10.2 Å². The number of likely N-dealkylation sites (N-methyl/N-ethyl adjacent to an activating group) is 1. The molecule has 0 aliphatic carbocycles. The minimum absolute atomic E-state index is 0.0497. The van der Waals surface area contributed by atoms with Crippen LogP contribution in [-0.2, 0) is 4.79 Å². The Bertz CT molecular complexity index is 904. The van der Waals surface area contributed by atoms with Crippen LogP contribution < -0.4 is 0 Å². The lowest BCUT2D eigenvalue weighted by Crippen LogP contribution is -2.56. The fourth-order valence-corrected chi connectivity index (χ4v) is 4.45. The molecule has 148 valence electrons. The van der Waals surface area contributed by atoms with Gasteiger partial charge in [0, 0.05) is 32.2 Å². The Hall–Kier alpha value is -2.74. The van der Waals surface area contributed by atoms with Gasteiger partial charge < -0.3 is 14.9 Å². The van der Waals surface area contributed by atoms with Crippen molar-refractivity contribution in [2.75, 3.05) is 26.7 Å². The van der Waals surface area contributed by atoms with Gasteiger partial charge in [0.25, 0.3) is 5.91 Å². The van der Waals surface area contributed by atoms with Crippen molar-refractivity contribution < 1.29 is 19.1 Å². The summed E-state index contributed by atoms with van der Waals surface area (Å²) in [6, 6.07) is 6.00. The second-order valence-corrected chi connectivity index (χ2v) is 7.79. The largest absolute Gasteiger partial charge is 0.391 e. The standard InChI is InChI=1S/C20H23FN4O3/c1-24-12-15(26)10-20(19(24)28)5-7-25(8-6-20)18(27)16-11-22-23-17(16)13-3-2-4-14(21)9-13/h2-4,9,11,15,26H,5-8,10,12H2,1H3,(H,22,23). The summed E-state index contributed by atoms with van der Waals surface area (Å²) in [6.07, 6.45) is 2.41. The predicted octanol–water partition coefficient (Wildman–Crippen LogP) is 1.66. The van der Waals surface area contributed by atoms with Crippen molar-refractivity contribution in [3.8, 4) is 11.3 Å². The highest BCUT2D eigenvalue weighted by atomic mass is 19.1. The van der Waals surface area contributed by atoms with Gasteiger partial charge in [-0.1, -0.05) is 12.1 Å². The molecule has 1 spiro atoms. The summed E-state index contributed by atoms with van der Waals surface area (Å²) in [6.45, 7) is 1.22. The summed E-state index contributed by atoms with van der Waals surface area (Å²) >= 11 is 0. The third-order valence-electron chi connectivity index (χ3n) is 5.90. The van der Waals surface area contributed by atoms with Crippen LogP contribution in [0, 0.1) is 11.2 Å². The Labute approximate surface area is 162 Å². The molecule has 2 fully saturated rings. The topological polar surface area (TPSA) is 89.5 Å². The van der Waals surface area contributed by atoms with Crippen molar-refractivity contribution in [1.29, 1.82) is 0 Å². The van der Waals surface area contributed by atoms with E-state index in [1.807, 2.05) is 0 Å². The molecule has 2 aromatic rings. The zero-order valence-electron chi connectivity index (χ0n) is 15.7. The summed E-state index contributed by atoms with van der Waals surface area (Å²) in [5, 5.41) is 16.9. The van der Waals surface area contributed by atoms with Crippen molar-refractivity contribution in [1.82, 2.24) is 20.0 Å². The van der Waals surface area contributed by atoms with Gasteiger partial charge in [0.05, 0.1) is 29.0 Å². The molecule has 2 saturated heterocycles. The number of rotatable bonds is 2. The van der Waals surface area contributed by atoms with Crippen LogP contribution in [0.5, 0.6) is 0 Å². The normalized spacial score (nSPS) is 22.0. The van der Waals surface area contributed by atoms with Crippen LogP contribution in [0.15, 0.2) is 30.5 Å². The molecular weight excluding hydrogens is 363 g/mol. The minimum atomic E-state index is -0.592. The summed E-state index contributed by atoms with van der Waals surface area (Å²) in [4.78, 5) is 29.0. The van der Waals surface area contributed by atoms with E-state index < -0.39 is 11.5 Å². The van der Waals surface area contributed by atoms with Crippen molar-refractivity contribution >= 4 is 11.8 Å². The van der Waals surface area contributed by atoms with Gasteiger partial charge in [-0.05, 0) is 31.4 Å². The first-order valence-electron chi connectivity index (χ1n) is 9.42. The number of piperidine rings is 2. The third kappa shape index (κ3) is 3.17. The van der Waals surface area contributed by atoms with Crippen LogP contribution in [0.25, 0.3) is 11.3 Å². The first-order valence-corrected chi connectivity index (χ1v) is 9.42. The van der Waals surface area contributed by atoms with Crippen LogP contribution in [0.4, 0.5) is 4.39 Å². The number of carbonyl (C=O) groups is 2. The number of hydrogen-bond acceptors (Lipinski definition) is 4. The molecule has 1 aromatic carbocycles. The molecule has 3 heterocycles. The number of aliphatic hydroxyl groups excluding tert-OH is 1. The van der Waals surface area contributed by atoms with E-state index in [1.165, 1.54) is 18.3 Å². The van der Waals surface area contributed by atoms with Crippen LogP contribution in [-0.4, -0.2) is 69.7 Å². The lowest BCUT2D eigenvalue weighted by atomic mass is 9.71. The molecule has 1 unspecified atom stereocenters. The molecule has 28 heavy (non-hydrogen) atoms. The van der Waals surface area contributed by atoms with E-state index in [-0.39, 0.29) is 17.6 Å². The van der Waals surface area contributed by atoms with E-state index in [4.69, 9.17) is 0 Å². The summed E-state index contributed by atoms with van der Waals surface area (Å²) in [7, 11) is 1.71. The van der Waals surface area contributed by atoms with E-state index in [1.54, 1.807) is 29.0 Å². The zero-order chi connectivity index (χ0) is 19.9. The number of amides is 2. The quantitative estimate of drug-likeness (QED) is 0.822. The highest BCUT2D eigenvalue weighted by Gasteiger charge is 2.48. The van der Waals surface area contributed by atoms with Crippen LogP contribution in [0.3, 0.4) is 0 Å². The van der Waals surface area contributed by atoms with E-state index >= 15 is 0 Å². The van der Waals surface area contributed by atoms with Gasteiger partial charge in [-0.25, -0.2) is 4.39 Å². The monoisotopic (exact) mass is 386 g/mol. The van der Waals surface area contributed by atoms with Crippen molar-refractivity contribution in [3.63, 3.8) is 0 Å². The van der Waals surface area contributed by atoms with Gasteiger partial charge in [0.2, 0.25) is 5.91 Å². The Morgan fingerprint density at radius 1 is 1.36 bits per heavy atom. The van der Waals surface area contributed by atoms with Gasteiger partial charge >= 0.3 is 0 Å². The second-order valence-electron chi connectivity index (χ2n) is 7.79. The first-order chi connectivity index (χ1) is 13.4. The summed E-state index contributed by atoms with van der Waals surface area (Å²) in [5.41, 5.74) is 0.828. The predicted molar refractivity (Wildman–Crippen MR) is 99.8 cm³/mol. The Morgan fingerprint density at radius 3 is 2.82 bits per heavy atom. The van der Waals surface area contributed by atoms with E-state index in [0.717, 1.165) is 0 Å². The molecule has 4 rings (SSSR count). The molecular formula is C20H23FN4O3. The van der Waals surface area contributed by atoms with Gasteiger partial charge in [-0.2, -0.15) is 5.10 Å². The number of hydrogen-bond donors (Lipinski definition) is 2. The number of carbonyl (C=O) groups excluding carboxylic acids is 2. The fraction of sp³-hybridized carbons (Fsp3) is 0.450. The maximum atomic E-state index is 13.6. The fourth-order valence-electron chi connectivity index (χ4n) is 4.45. The molecule has 2 amide bonds. The molecule has 8 heteroatoms. The van der Waals surface area contributed by atoms with Crippen LogP contribution >= 0.6 is 0 Å². The number of benzene rings is 1. The van der Waals surface area contributed by atoms with Gasteiger partial charge in [-0.15, -0.1) is 0 Å². The number of aromatic nitrogens is 2. The molecule has 0 radical (unpaired) electrons. The number of nitrogens with zero attached hydrogens (tertiary/aromatic N) is 3. The number of aliphatic hydroxyl groups is 1. The molecule has 7 nitrogen and oxygen atoms in total. The van der Waals surface area contributed by atoms with Crippen molar-refractivity contribution in [2.24, 2.45) is 5.41 Å². The maximum absolute atomic E-state index is 13.6.